The molecule has 0 fully saturated rings. The fourth-order valence-corrected chi connectivity index (χ4v) is 2.57. The molecule has 1 amide bonds. The number of amides is 1. The Balaban J connectivity index is 1.89. The second kappa shape index (κ2) is 4.47. The molecule has 3 rings (SSSR count). The van der Waals surface area contributed by atoms with Crippen LogP contribution < -0.4 is 5.73 Å². The van der Waals surface area contributed by atoms with Gasteiger partial charge in [0.2, 0.25) is 5.89 Å². The molecule has 19 heavy (non-hydrogen) atoms. The lowest BCUT2D eigenvalue weighted by Crippen LogP contribution is -2.11. The number of oxazole rings is 1. The van der Waals surface area contributed by atoms with Gasteiger partial charge >= 0.3 is 0 Å². The molecule has 0 aliphatic rings. The van der Waals surface area contributed by atoms with Crippen molar-refractivity contribution in [2.75, 3.05) is 0 Å². The summed E-state index contributed by atoms with van der Waals surface area (Å²) in [5, 5.41) is 2.40. The topological polar surface area (TPSA) is 82.0 Å². The van der Waals surface area contributed by atoms with Crippen LogP contribution in [0.1, 0.15) is 27.0 Å². The number of hydrogen-bond acceptors (Lipinski definition) is 5. The van der Waals surface area contributed by atoms with E-state index in [9.17, 15) is 4.79 Å². The second-order valence-corrected chi connectivity index (χ2v) is 5.19. The Morgan fingerprint density at radius 3 is 3.00 bits per heavy atom. The van der Waals surface area contributed by atoms with Gasteiger partial charge in [0.05, 0.1) is 6.42 Å². The number of carbonyl (C=O) groups is 1. The molecule has 0 saturated heterocycles. The Labute approximate surface area is 113 Å². The van der Waals surface area contributed by atoms with Gasteiger partial charge in [-0.2, -0.15) is 0 Å². The molecule has 2 aromatic heterocycles. The number of aromatic nitrogens is 2. The minimum atomic E-state index is -0.518. The monoisotopic (exact) mass is 273 g/mol. The van der Waals surface area contributed by atoms with Crippen molar-refractivity contribution in [1.82, 2.24) is 9.97 Å². The number of carbonyl (C=O) groups excluding carboxylic acids is 1. The maximum Gasteiger partial charge on any atom is 0.268 e. The maximum absolute atomic E-state index is 11.0. The predicted molar refractivity (Wildman–Crippen MR) is 72.2 cm³/mol. The van der Waals surface area contributed by atoms with Crippen molar-refractivity contribution in [3.8, 4) is 0 Å². The van der Waals surface area contributed by atoms with E-state index in [4.69, 9.17) is 10.2 Å². The number of thiazole rings is 1. The van der Waals surface area contributed by atoms with Crippen LogP contribution in [0.15, 0.2) is 28.0 Å². The lowest BCUT2D eigenvalue weighted by Gasteiger charge is -1.89. The van der Waals surface area contributed by atoms with Gasteiger partial charge in [0, 0.05) is 5.38 Å². The summed E-state index contributed by atoms with van der Waals surface area (Å²) in [6, 6.07) is 5.85. The molecule has 0 bridgehead atoms. The molecule has 2 heterocycles. The summed E-state index contributed by atoms with van der Waals surface area (Å²) < 4.78 is 5.64. The lowest BCUT2D eigenvalue weighted by atomic mass is 10.2. The van der Waals surface area contributed by atoms with Gasteiger partial charge in [-0.15, -0.1) is 11.3 Å². The van der Waals surface area contributed by atoms with E-state index in [0.717, 1.165) is 21.7 Å². The maximum atomic E-state index is 11.0. The Morgan fingerprint density at radius 2 is 2.26 bits per heavy atom. The van der Waals surface area contributed by atoms with Crippen LogP contribution in [-0.4, -0.2) is 15.9 Å². The highest BCUT2D eigenvalue weighted by Gasteiger charge is 2.11. The first kappa shape index (κ1) is 11.9. The molecule has 0 saturated carbocycles. The molecule has 6 heteroatoms. The Morgan fingerprint density at radius 1 is 1.42 bits per heavy atom. The van der Waals surface area contributed by atoms with Crippen LogP contribution in [0.4, 0.5) is 0 Å². The molecule has 0 spiro atoms. The summed E-state index contributed by atoms with van der Waals surface area (Å²) in [4.78, 5) is 19.5. The van der Waals surface area contributed by atoms with Gasteiger partial charge in [0.1, 0.15) is 16.2 Å². The average Bonchev–Trinajstić information content (AvgIpc) is 2.95. The summed E-state index contributed by atoms with van der Waals surface area (Å²) in [6.45, 7) is 2.01. The molecule has 0 atom stereocenters. The first-order valence-electron chi connectivity index (χ1n) is 5.72. The number of aryl methyl sites for hydroxylation is 1. The molecule has 3 aromatic rings. The minimum Gasteiger partial charge on any atom is -0.440 e. The van der Waals surface area contributed by atoms with Crippen molar-refractivity contribution in [2.24, 2.45) is 5.73 Å². The van der Waals surface area contributed by atoms with Gasteiger partial charge in [0.15, 0.2) is 5.58 Å². The zero-order valence-corrected chi connectivity index (χ0v) is 11.0. The highest BCUT2D eigenvalue weighted by Crippen LogP contribution is 2.20. The van der Waals surface area contributed by atoms with Gasteiger partial charge in [-0.3, -0.25) is 4.79 Å². The fraction of sp³-hybridized carbons (Fsp3) is 0.154. The van der Waals surface area contributed by atoms with Crippen LogP contribution >= 0.6 is 11.3 Å². The van der Waals surface area contributed by atoms with Crippen LogP contribution in [-0.2, 0) is 6.42 Å². The van der Waals surface area contributed by atoms with E-state index in [-0.39, 0.29) is 5.69 Å². The van der Waals surface area contributed by atoms with Gasteiger partial charge in [-0.05, 0) is 24.6 Å². The van der Waals surface area contributed by atoms with Crippen molar-refractivity contribution in [3.63, 3.8) is 0 Å². The van der Waals surface area contributed by atoms with E-state index in [0.29, 0.717) is 12.3 Å². The van der Waals surface area contributed by atoms with Crippen molar-refractivity contribution in [3.05, 3.63) is 45.7 Å². The smallest absolute Gasteiger partial charge is 0.268 e. The summed E-state index contributed by atoms with van der Waals surface area (Å²) >= 11 is 1.37. The molecule has 96 valence electrons. The molecule has 1 aromatic carbocycles. The summed E-state index contributed by atoms with van der Waals surface area (Å²) in [6.07, 6.45) is 0.464. The second-order valence-electron chi connectivity index (χ2n) is 4.25. The molecule has 0 radical (unpaired) electrons. The third kappa shape index (κ3) is 2.34. The fourth-order valence-electron chi connectivity index (χ4n) is 1.80. The van der Waals surface area contributed by atoms with Gasteiger partial charge in [-0.25, -0.2) is 9.97 Å². The molecular formula is C13H11N3O2S. The number of fused-ring (bicyclic) bond motifs is 1. The molecule has 0 unspecified atom stereocenters. The normalized spacial score (nSPS) is 11.0. The Kier molecular flexibility index (Phi) is 2.79. The summed E-state index contributed by atoms with van der Waals surface area (Å²) in [5.74, 6) is 0.0710. The van der Waals surface area contributed by atoms with Crippen LogP contribution in [0.5, 0.6) is 0 Å². The number of primary amides is 1. The minimum absolute atomic E-state index is 0.284. The number of rotatable bonds is 3. The first-order valence-corrected chi connectivity index (χ1v) is 6.60. The molecule has 0 aliphatic heterocycles. The summed E-state index contributed by atoms with van der Waals surface area (Å²) in [7, 11) is 0. The average molecular weight is 273 g/mol. The Hall–Kier alpha value is -2.21. The van der Waals surface area contributed by atoms with Crippen molar-refractivity contribution in [1.29, 1.82) is 0 Å². The molecule has 2 N–H and O–H groups in total. The van der Waals surface area contributed by atoms with E-state index < -0.39 is 5.91 Å². The number of nitrogens with zero attached hydrogens (tertiary/aromatic N) is 2. The van der Waals surface area contributed by atoms with E-state index >= 15 is 0 Å². The van der Waals surface area contributed by atoms with Crippen LogP contribution in [0.3, 0.4) is 0 Å². The van der Waals surface area contributed by atoms with Crippen LogP contribution in [0, 0.1) is 6.92 Å². The molecular weight excluding hydrogens is 262 g/mol. The molecule has 5 nitrogen and oxygen atoms in total. The SMILES string of the molecule is Cc1ccc2oc(Cc3nc(C(N)=O)cs3)nc2c1. The van der Waals surface area contributed by atoms with E-state index in [2.05, 4.69) is 9.97 Å². The Bertz CT molecular complexity index is 760. The van der Waals surface area contributed by atoms with E-state index in [1.807, 2.05) is 25.1 Å². The standard InChI is InChI=1S/C13H11N3O2S/c1-7-2-3-10-8(4-7)15-11(18-10)5-12-16-9(6-19-12)13(14)17/h2-4,6H,5H2,1H3,(H2,14,17). The largest absolute Gasteiger partial charge is 0.440 e. The van der Waals surface area contributed by atoms with E-state index in [1.54, 1.807) is 5.38 Å². The lowest BCUT2D eigenvalue weighted by molar-refractivity contribution is 0.0996. The van der Waals surface area contributed by atoms with Crippen LogP contribution in [0.2, 0.25) is 0 Å². The van der Waals surface area contributed by atoms with E-state index in [1.165, 1.54) is 11.3 Å². The zero-order valence-electron chi connectivity index (χ0n) is 10.2. The zero-order chi connectivity index (χ0) is 13.4. The summed E-state index contributed by atoms with van der Waals surface area (Å²) in [5.41, 5.74) is 8.18. The molecule has 0 aliphatic carbocycles. The highest BCUT2D eigenvalue weighted by atomic mass is 32.1. The van der Waals surface area contributed by atoms with Crippen molar-refractivity contribution < 1.29 is 9.21 Å². The first-order chi connectivity index (χ1) is 9.11. The van der Waals surface area contributed by atoms with Crippen LogP contribution in [0.25, 0.3) is 11.1 Å². The quantitative estimate of drug-likeness (QED) is 0.793. The number of nitrogens with two attached hydrogens (primary N) is 1. The third-order valence-corrected chi connectivity index (χ3v) is 3.54. The van der Waals surface area contributed by atoms with Crippen molar-refractivity contribution in [2.45, 2.75) is 13.3 Å². The highest BCUT2D eigenvalue weighted by molar-refractivity contribution is 7.09. The van der Waals surface area contributed by atoms with Gasteiger partial charge in [-0.1, -0.05) is 6.07 Å². The third-order valence-electron chi connectivity index (χ3n) is 2.69. The van der Waals surface area contributed by atoms with Crippen molar-refractivity contribution >= 4 is 28.3 Å². The van der Waals surface area contributed by atoms with Gasteiger partial charge in [0.25, 0.3) is 5.91 Å². The number of hydrogen-bond donors (Lipinski definition) is 1. The van der Waals surface area contributed by atoms with Gasteiger partial charge < -0.3 is 10.2 Å². The predicted octanol–water partition coefficient (Wildman–Crippen LogP) is 2.28. The number of benzene rings is 1.